The first-order valence-electron chi connectivity index (χ1n) is 11.4. The van der Waals surface area contributed by atoms with E-state index in [4.69, 9.17) is 9.47 Å². The van der Waals surface area contributed by atoms with Crippen LogP contribution in [0.25, 0.3) is 11.1 Å². The van der Waals surface area contributed by atoms with Crippen LogP contribution in [0, 0.1) is 0 Å². The summed E-state index contributed by atoms with van der Waals surface area (Å²) in [5.74, 6) is -1.19. The molecule has 1 aliphatic rings. The molecular weight excluding hydrogens is 497 g/mol. The SMILES string of the molecule is CC(C)(C)OC(=O)[As]CCCC[C@H](NC(=O)OCC1c2ccccc2-c2ccccc21)C(=O)O. The molecule has 7 nitrogen and oxygen atoms in total. The molecule has 34 heavy (non-hydrogen) atoms. The zero-order valence-electron chi connectivity index (χ0n) is 19.7. The molecule has 3 rings (SSSR count). The molecule has 2 N–H and O–H groups in total. The van der Waals surface area contributed by atoms with E-state index in [0.29, 0.717) is 18.1 Å². The van der Waals surface area contributed by atoms with Crippen molar-refractivity contribution in [3.05, 3.63) is 59.7 Å². The number of unbranched alkanes of at least 4 members (excludes halogenated alkanes) is 1. The van der Waals surface area contributed by atoms with Crippen LogP contribution >= 0.6 is 0 Å². The van der Waals surface area contributed by atoms with Gasteiger partial charge in [0.25, 0.3) is 0 Å². The first kappa shape index (κ1) is 25.8. The van der Waals surface area contributed by atoms with Gasteiger partial charge in [-0.25, -0.2) is 0 Å². The summed E-state index contributed by atoms with van der Waals surface area (Å²) in [6.07, 6.45) is 0.818. The van der Waals surface area contributed by atoms with E-state index in [1.165, 1.54) is 0 Å². The molecule has 1 atom stereocenters. The Morgan fingerprint density at radius 3 is 2.15 bits per heavy atom. The molecule has 0 heterocycles. The molecule has 0 bridgehead atoms. The van der Waals surface area contributed by atoms with Gasteiger partial charge in [0, 0.05) is 0 Å². The Kier molecular flexibility index (Phi) is 8.78. The average molecular weight is 528 g/mol. The van der Waals surface area contributed by atoms with Gasteiger partial charge < -0.3 is 0 Å². The maximum atomic E-state index is 12.4. The second kappa shape index (κ2) is 11.6. The normalized spacial score (nSPS) is 13.9. The van der Waals surface area contributed by atoms with E-state index in [1.54, 1.807) is 0 Å². The van der Waals surface area contributed by atoms with Crippen LogP contribution in [0.2, 0.25) is 5.21 Å². The molecule has 0 unspecified atom stereocenters. The number of hydrogen-bond donors (Lipinski definition) is 2. The summed E-state index contributed by atoms with van der Waals surface area (Å²) in [5.41, 5.74) is 3.96. The van der Waals surface area contributed by atoms with E-state index in [2.05, 4.69) is 17.4 Å². The third-order valence-corrected chi connectivity index (χ3v) is 7.34. The van der Waals surface area contributed by atoms with Crippen LogP contribution in [-0.2, 0) is 14.3 Å². The number of hydrogen-bond acceptors (Lipinski definition) is 5. The predicted octanol–water partition coefficient (Wildman–Crippen LogP) is 5.21. The summed E-state index contributed by atoms with van der Waals surface area (Å²) in [5, 5.41) is 12.7. The van der Waals surface area contributed by atoms with Crippen molar-refractivity contribution in [3.8, 4) is 11.1 Å². The van der Waals surface area contributed by atoms with E-state index < -0.39 is 39.5 Å². The van der Waals surface area contributed by atoms with Crippen LogP contribution in [0.1, 0.15) is 57.1 Å². The van der Waals surface area contributed by atoms with Crippen LogP contribution in [0.15, 0.2) is 48.5 Å². The first-order valence-corrected chi connectivity index (χ1v) is 13.7. The second-order valence-electron chi connectivity index (χ2n) is 9.22. The molecule has 0 saturated heterocycles. The third-order valence-electron chi connectivity index (χ3n) is 5.47. The van der Waals surface area contributed by atoms with Gasteiger partial charge in [-0.05, 0) is 0 Å². The summed E-state index contributed by atoms with van der Waals surface area (Å²) in [7, 11) is 0. The number of benzene rings is 2. The fraction of sp³-hybridized carbons (Fsp3) is 0.423. The number of carboxylic acid groups (broad SMARTS) is 1. The standard InChI is InChI=1S/C26H31AsNO6/c1-26(2,3)34-24(31)27-15-9-8-14-22(23(29)30)28-25(32)33-16-21-19-12-6-4-10-17(19)18-11-5-7-13-20(18)21/h4-7,10-13,21-22H,8-9,14-16H2,1-3H3,(H,28,32)(H,29,30)/t22-/m0/s1. The molecule has 2 aromatic rings. The predicted molar refractivity (Wildman–Crippen MR) is 130 cm³/mol. The molecule has 0 fully saturated rings. The van der Waals surface area contributed by atoms with Crippen LogP contribution in [-0.4, -0.2) is 55.9 Å². The van der Waals surface area contributed by atoms with Crippen molar-refractivity contribution in [1.82, 2.24) is 5.32 Å². The maximum absolute atomic E-state index is 12.4. The molecule has 0 spiro atoms. The molecule has 181 valence electrons. The van der Waals surface area contributed by atoms with Gasteiger partial charge >= 0.3 is 171 Å². The van der Waals surface area contributed by atoms with Gasteiger partial charge in [0.05, 0.1) is 0 Å². The Hall–Kier alpha value is -2.79. The molecule has 8 heteroatoms. The Morgan fingerprint density at radius 1 is 1.00 bits per heavy atom. The van der Waals surface area contributed by atoms with Crippen molar-refractivity contribution in [2.45, 2.75) is 62.8 Å². The van der Waals surface area contributed by atoms with Crippen LogP contribution < -0.4 is 5.32 Å². The minimum absolute atomic E-state index is 0.0855. The number of carboxylic acids is 1. The van der Waals surface area contributed by atoms with E-state index in [-0.39, 0.29) is 23.7 Å². The van der Waals surface area contributed by atoms with Crippen LogP contribution in [0.4, 0.5) is 9.59 Å². The number of rotatable bonds is 10. The van der Waals surface area contributed by atoms with Crippen molar-refractivity contribution in [2.24, 2.45) is 0 Å². The number of alkyl carbamates (subject to hydrolysis) is 1. The summed E-state index contributed by atoms with van der Waals surface area (Å²) in [4.78, 5) is 35.8. The quantitative estimate of drug-likeness (QED) is 0.325. The zero-order chi connectivity index (χ0) is 24.7. The van der Waals surface area contributed by atoms with Gasteiger partial charge in [-0.2, -0.15) is 0 Å². The zero-order valence-corrected chi connectivity index (χ0v) is 21.6. The summed E-state index contributed by atoms with van der Waals surface area (Å²) < 4.78 is 10.6. The van der Waals surface area contributed by atoms with Gasteiger partial charge in [0.1, 0.15) is 0 Å². The Bertz CT molecular complexity index is 986. The summed E-state index contributed by atoms with van der Waals surface area (Å²) >= 11 is -0.592. The van der Waals surface area contributed by atoms with E-state index in [9.17, 15) is 19.5 Å². The molecule has 1 radical (unpaired) electrons. The molecular formula is C26H31AsNO6. The molecule has 0 aromatic heterocycles. The number of nitrogens with one attached hydrogen (secondary N) is 1. The fourth-order valence-corrected chi connectivity index (χ4v) is 5.86. The first-order chi connectivity index (χ1) is 16.2. The third kappa shape index (κ3) is 7.10. The van der Waals surface area contributed by atoms with Crippen molar-refractivity contribution in [3.63, 3.8) is 0 Å². The fourth-order valence-electron chi connectivity index (χ4n) is 3.96. The van der Waals surface area contributed by atoms with Gasteiger partial charge in [-0.1, -0.05) is 36.4 Å². The Balaban J connectivity index is 1.46. The molecule has 0 saturated carbocycles. The molecule has 2 aromatic carbocycles. The second-order valence-corrected chi connectivity index (χ2v) is 11.6. The van der Waals surface area contributed by atoms with Crippen molar-refractivity contribution < 1.29 is 29.0 Å². The monoisotopic (exact) mass is 528 g/mol. The van der Waals surface area contributed by atoms with E-state index in [0.717, 1.165) is 22.3 Å². The van der Waals surface area contributed by atoms with E-state index >= 15 is 0 Å². The van der Waals surface area contributed by atoms with Crippen molar-refractivity contribution in [1.29, 1.82) is 0 Å². The average Bonchev–Trinajstić information content (AvgIpc) is 3.09. The van der Waals surface area contributed by atoms with Gasteiger partial charge in [-0.3, -0.25) is 0 Å². The number of carbonyl (C=O) groups excluding carboxylic acids is 2. The number of aliphatic carboxylic acids is 1. The topological polar surface area (TPSA) is 102 Å². The Labute approximate surface area is 206 Å². The van der Waals surface area contributed by atoms with Crippen LogP contribution in [0.3, 0.4) is 0 Å². The summed E-state index contributed by atoms with van der Waals surface area (Å²) in [6, 6.07) is 15.0. The van der Waals surface area contributed by atoms with Gasteiger partial charge in [0.15, 0.2) is 0 Å². The van der Waals surface area contributed by atoms with E-state index in [1.807, 2.05) is 57.2 Å². The number of ether oxygens (including phenoxy) is 2. The Morgan fingerprint density at radius 2 is 1.59 bits per heavy atom. The minimum atomic E-state index is -1.10. The number of carbonyl (C=O) groups is 3. The van der Waals surface area contributed by atoms with Crippen molar-refractivity contribution in [2.75, 3.05) is 6.61 Å². The van der Waals surface area contributed by atoms with Crippen LogP contribution in [0.5, 0.6) is 0 Å². The number of amides is 1. The number of fused-ring (bicyclic) bond motifs is 3. The van der Waals surface area contributed by atoms with Gasteiger partial charge in [0.2, 0.25) is 0 Å². The molecule has 1 amide bonds. The summed E-state index contributed by atoms with van der Waals surface area (Å²) in [6.45, 7) is 5.63. The van der Waals surface area contributed by atoms with Gasteiger partial charge in [-0.15, -0.1) is 0 Å². The van der Waals surface area contributed by atoms with Crippen molar-refractivity contribution >= 4 is 32.6 Å². The molecule has 0 aliphatic heterocycles. The molecule has 1 aliphatic carbocycles.